The Balaban J connectivity index is 3.25. The molecule has 1 aromatic rings. The van der Waals surface area contributed by atoms with Crippen molar-refractivity contribution in [3.63, 3.8) is 0 Å². The van der Waals surface area contributed by atoms with E-state index >= 15 is 0 Å². The number of nitrogen functional groups attached to an aromatic ring is 1. The molecule has 0 amide bonds. The first-order valence-electron chi connectivity index (χ1n) is 3.34. The average Bonchev–Trinajstić information content (AvgIpc) is 2.08. The van der Waals surface area contributed by atoms with E-state index < -0.39 is 6.43 Å². The van der Waals surface area contributed by atoms with E-state index in [1.165, 1.54) is 13.2 Å². The van der Waals surface area contributed by atoms with Gasteiger partial charge >= 0.3 is 0 Å². The summed E-state index contributed by atoms with van der Waals surface area (Å²) in [7, 11) is 1.28. The Kier molecular flexibility index (Phi) is 3.23. The number of anilines is 1. The molecular formula is C7H7F2IN2O. The van der Waals surface area contributed by atoms with E-state index in [0.29, 0.717) is 3.57 Å². The first-order valence-corrected chi connectivity index (χ1v) is 4.42. The second-order valence-electron chi connectivity index (χ2n) is 2.25. The molecule has 6 heteroatoms. The van der Waals surface area contributed by atoms with E-state index in [0.717, 1.165) is 0 Å². The van der Waals surface area contributed by atoms with Gasteiger partial charge in [0.15, 0.2) is 0 Å². The zero-order chi connectivity index (χ0) is 10.0. The Morgan fingerprint density at radius 2 is 2.23 bits per heavy atom. The summed E-state index contributed by atoms with van der Waals surface area (Å²) < 4.78 is 29.9. The molecule has 1 aromatic heterocycles. The quantitative estimate of drug-likeness (QED) is 0.852. The number of hydrogen-bond donors (Lipinski definition) is 1. The van der Waals surface area contributed by atoms with Gasteiger partial charge in [0, 0.05) is 0 Å². The Bertz CT molecular complexity index is 320. The van der Waals surface area contributed by atoms with Crippen LogP contribution in [0.1, 0.15) is 12.0 Å². The molecule has 1 heterocycles. The van der Waals surface area contributed by atoms with Crippen LogP contribution in [0.15, 0.2) is 6.07 Å². The third-order valence-electron chi connectivity index (χ3n) is 1.42. The van der Waals surface area contributed by atoms with Crippen LogP contribution in [0.2, 0.25) is 0 Å². The van der Waals surface area contributed by atoms with E-state index in [1.807, 2.05) is 22.6 Å². The number of rotatable bonds is 2. The summed E-state index contributed by atoms with van der Waals surface area (Å²) in [5.41, 5.74) is 5.19. The second kappa shape index (κ2) is 4.03. The standard InChI is InChI=1S/C7H7F2IN2O/c1-13-7-3(5(8)9)2-4(10)6(11)12-7/h2,5H,1H3,(H2,11,12). The maximum absolute atomic E-state index is 12.4. The average molecular weight is 300 g/mol. The molecule has 0 fully saturated rings. The first-order chi connectivity index (χ1) is 6.06. The zero-order valence-corrected chi connectivity index (χ0v) is 8.88. The third kappa shape index (κ3) is 2.17. The first kappa shape index (κ1) is 10.4. The highest BCUT2D eigenvalue weighted by Crippen LogP contribution is 2.30. The minimum atomic E-state index is -2.60. The summed E-state index contributed by atoms with van der Waals surface area (Å²) in [5.74, 6) is 0.0785. The lowest BCUT2D eigenvalue weighted by Gasteiger charge is -2.08. The Labute approximate surface area is 87.4 Å². The van der Waals surface area contributed by atoms with Crippen molar-refractivity contribution in [3.8, 4) is 5.88 Å². The van der Waals surface area contributed by atoms with Crippen LogP contribution in [-0.4, -0.2) is 12.1 Å². The van der Waals surface area contributed by atoms with E-state index in [-0.39, 0.29) is 17.3 Å². The van der Waals surface area contributed by atoms with E-state index in [2.05, 4.69) is 9.72 Å². The lowest BCUT2D eigenvalue weighted by atomic mass is 10.3. The molecule has 0 saturated carbocycles. The van der Waals surface area contributed by atoms with Crippen molar-refractivity contribution in [1.82, 2.24) is 4.98 Å². The van der Waals surface area contributed by atoms with Gasteiger partial charge < -0.3 is 10.5 Å². The fourth-order valence-corrected chi connectivity index (χ4v) is 1.28. The second-order valence-corrected chi connectivity index (χ2v) is 3.42. The molecule has 13 heavy (non-hydrogen) atoms. The summed E-state index contributed by atoms with van der Waals surface area (Å²) in [5, 5.41) is 0. The monoisotopic (exact) mass is 300 g/mol. The number of halogens is 3. The summed E-state index contributed by atoms with van der Waals surface area (Å²) in [6, 6.07) is 1.27. The molecule has 3 nitrogen and oxygen atoms in total. The van der Waals surface area contributed by atoms with E-state index in [4.69, 9.17) is 5.73 Å². The van der Waals surface area contributed by atoms with Crippen LogP contribution in [0.5, 0.6) is 5.88 Å². The lowest BCUT2D eigenvalue weighted by molar-refractivity contribution is 0.146. The zero-order valence-electron chi connectivity index (χ0n) is 6.72. The molecule has 0 radical (unpaired) electrons. The van der Waals surface area contributed by atoms with Crippen molar-refractivity contribution >= 4 is 28.4 Å². The molecular weight excluding hydrogens is 293 g/mol. The minimum absolute atomic E-state index is 0.118. The van der Waals surface area contributed by atoms with Crippen molar-refractivity contribution in [2.24, 2.45) is 0 Å². The van der Waals surface area contributed by atoms with Crippen molar-refractivity contribution in [3.05, 3.63) is 15.2 Å². The van der Waals surface area contributed by atoms with E-state index in [1.54, 1.807) is 0 Å². The summed E-state index contributed by atoms with van der Waals surface area (Å²) in [4.78, 5) is 3.68. The van der Waals surface area contributed by atoms with Gasteiger partial charge in [-0.3, -0.25) is 0 Å². The summed E-state index contributed by atoms with van der Waals surface area (Å²) in [6.07, 6.45) is -2.60. The fourth-order valence-electron chi connectivity index (χ4n) is 0.819. The van der Waals surface area contributed by atoms with Gasteiger partial charge in [-0.15, -0.1) is 0 Å². The number of aromatic nitrogens is 1. The number of methoxy groups -OCH3 is 1. The topological polar surface area (TPSA) is 48.1 Å². The Morgan fingerprint density at radius 3 is 2.69 bits per heavy atom. The van der Waals surface area contributed by atoms with Crippen LogP contribution in [-0.2, 0) is 0 Å². The van der Waals surface area contributed by atoms with Crippen molar-refractivity contribution in [1.29, 1.82) is 0 Å². The molecule has 0 unspecified atom stereocenters. The summed E-state index contributed by atoms with van der Waals surface area (Å²) >= 11 is 1.84. The SMILES string of the molecule is COc1nc(N)c(I)cc1C(F)F. The largest absolute Gasteiger partial charge is 0.481 e. The Morgan fingerprint density at radius 1 is 1.62 bits per heavy atom. The van der Waals surface area contributed by atoms with Crippen LogP contribution in [0.25, 0.3) is 0 Å². The molecule has 0 saturated heterocycles. The highest BCUT2D eigenvalue weighted by molar-refractivity contribution is 14.1. The van der Waals surface area contributed by atoms with Gasteiger partial charge in [0.1, 0.15) is 5.82 Å². The molecule has 72 valence electrons. The van der Waals surface area contributed by atoms with E-state index in [9.17, 15) is 8.78 Å². The van der Waals surface area contributed by atoms with Crippen molar-refractivity contribution in [2.75, 3.05) is 12.8 Å². The molecule has 0 bridgehead atoms. The maximum Gasteiger partial charge on any atom is 0.269 e. The molecule has 0 aromatic carbocycles. The van der Waals surface area contributed by atoms with Crippen molar-refractivity contribution in [2.45, 2.75) is 6.43 Å². The fraction of sp³-hybridized carbons (Fsp3) is 0.286. The molecule has 0 atom stereocenters. The van der Waals surface area contributed by atoms with Gasteiger partial charge in [-0.1, -0.05) is 0 Å². The summed E-state index contributed by atoms with van der Waals surface area (Å²) in [6.45, 7) is 0. The van der Waals surface area contributed by atoms with Gasteiger partial charge in [0.05, 0.1) is 16.2 Å². The predicted octanol–water partition coefficient (Wildman–Crippen LogP) is 2.21. The Hall–Kier alpha value is -0.660. The van der Waals surface area contributed by atoms with Gasteiger partial charge in [0.2, 0.25) is 5.88 Å². The van der Waals surface area contributed by atoms with Gasteiger partial charge in [0.25, 0.3) is 6.43 Å². The van der Waals surface area contributed by atoms with Crippen LogP contribution in [0.4, 0.5) is 14.6 Å². The molecule has 1 rings (SSSR count). The van der Waals surface area contributed by atoms with Crippen LogP contribution in [0.3, 0.4) is 0 Å². The number of hydrogen-bond acceptors (Lipinski definition) is 3. The lowest BCUT2D eigenvalue weighted by Crippen LogP contribution is -2.01. The number of ether oxygens (including phenoxy) is 1. The van der Waals surface area contributed by atoms with Gasteiger partial charge in [-0.05, 0) is 28.7 Å². The maximum atomic E-state index is 12.4. The normalized spacial score (nSPS) is 10.5. The molecule has 0 spiro atoms. The van der Waals surface area contributed by atoms with Crippen molar-refractivity contribution < 1.29 is 13.5 Å². The third-order valence-corrected chi connectivity index (χ3v) is 2.29. The number of alkyl halides is 2. The van der Waals surface area contributed by atoms with Crippen LogP contribution >= 0.6 is 22.6 Å². The van der Waals surface area contributed by atoms with Gasteiger partial charge in [-0.25, -0.2) is 8.78 Å². The van der Waals surface area contributed by atoms with Crippen LogP contribution < -0.4 is 10.5 Å². The molecule has 0 aliphatic rings. The van der Waals surface area contributed by atoms with Gasteiger partial charge in [-0.2, -0.15) is 4.98 Å². The molecule has 0 aliphatic carbocycles. The van der Waals surface area contributed by atoms with Crippen LogP contribution in [0, 0.1) is 3.57 Å². The minimum Gasteiger partial charge on any atom is -0.481 e. The highest BCUT2D eigenvalue weighted by Gasteiger charge is 2.17. The molecule has 0 aliphatic heterocycles. The number of nitrogens with zero attached hydrogens (tertiary/aromatic N) is 1. The highest BCUT2D eigenvalue weighted by atomic mass is 127. The number of pyridine rings is 1. The predicted molar refractivity (Wildman–Crippen MR) is 52.9 cm³/mol. The molecule has 2 N–H and O–H groups in total. The smallest absolute Gasteiger partial charge is 0.269 e. The number of nitrogens with two attached hydrogens (primary N) is 1.